The fourth-order valence-electron chi connectivity index (χ4n) is 26.1. The molecule has 0 spiro atoms. The van der Waals surface area contributed by atoms with Crippen LogP contribution in [0, 0.1) is 83.1 Å². The third kappa shape index (κ3) is 15.0. The van der Waals surface area contributed by atoms with Crippen molar-refractivity contribution in [2.24, 2.45) is 0 Å². The summed E-state index contributed by atoms with van der Waals surface area (Å²) < 4.78 is 0. The van der Waals surface area contributed by atoms with Crippen molar-refractivity contribution in [1.29, 1.82) is 0 Å². The van der Waals surface area contributed by atoms with Gasteiger partial charge in [-0.25, -0.2) is 0 Å². The minimum atomic E-state index is -0.466. The first-order chi connectivity index (χ1) is 70.2. The normalized spacial score (nSPS) is 14.4. The monoisotopic (exact) mass is 1890 g/mol. The molecule has 2 nitrogen and oxygen atoms in total. The van der Waals surface area contributed by atoms with E-state index in [0.29, 0.717) is 0 Å². The average molecular weight is 1890 g/mol. The maximum absolute atomic E-state index is 2.55. The summed E-state index contributed by atoms with van der Waals surface area (Å²) in [5.74, 6) is 0. The smallest absolute Gasteiger partial charge is 0.0714 e. The lowest BCUT2D eigenvalue weighted by atomic mass is 9.65. The van der Waals surface area contributed by atoms with Gasteiger partial charge in [-0.2, -0.15) is 0 Å². The van der Waals surface area contributed by atoms with Crippen molar-refractivity contribution in [3.05, 3.63) is 554 Å². The van der Waals surface area contributed by atoms with E-state index in [0.717, 1.165) is 35.6 Å². The molecular formula is C144H130N2. The summed E-state index contributed by atoms with van der Waals surface area (Å²) in [6, 6.07) is 147. The second kappa shape index (κ2) is 34.8. The van der Waals surface area contributed by atoms with Crippen molar-refractivity contribution in [2.75, 3.05) is 9.80 Å². The Morgan fingerprint density at radius 2 is 0.425 bits per heavy atom. The Hall–Kier alpha value is -15.2. The molecule has 0 fully saturated rings. The number of anilines is 6. The predicted octanol–water partition coefficient (Wildman–Crippen LogP) is 37.2. The van der Waals surface area contributed by atoms with Gasteiger partial charge in [-0.05, 0) is 410 Å². The molecule has 0 aliphatic heterocycles. The van der Waals surface area contributed by atoms with Crippen LogP contribution < -0.4 is 9.80 Å². The molecule has 0 unspecified atom stereocenters. The number of hydrogen-bond acceptors (Lipinski definition) is 2. The van der Waals surface area contributed by atoms with Crippen molar-refractivity contribution >= 4 is 34.1 Å². The minimum absolute atomic E-state index is 0.0269. The molecule has 2 heteroatoms. The first-order valence-electron chi connectivity index (χ1n) is 52.9. The molecule has 0 atom stereocenters. The van der Waals surface area contributed by atoms with Crippen LogP contribution in [0.4, 0.5) is 34.1 Å². The fraction of sp³-hybridized carbons (Fsp3) is 0.208. The Balaban J connectivity index is 0.000000157. The van der Waals surface area contributed by atoms with Crippen LogP contribution in [0.3, 0.4) is 0 Å². The number of rotatable bonds is 15. The van der Waals surface area contributed by atoms with Gasteiger partial charge in [-0.15, -0.1) is 0 Å². The third-order valence-electron chi connectivity index (χ3n) is 34.0. The zero-order chi connectivity index (χ0) is 101. The molecule has 0 heterocycles. The molecule has 6 aliphatic rings. The maximum Gasteiger partial charge on any atom is 0.0714 e. The summed E-state index contributed by atoms with van der Waals surface area (Å²) in [6.07, 6.45) is 4.66. The summed E-state index contributed by atoms with van der Waals surface area (Å²) >= 11 is 0. The highest BCUT2D eigenvalue weighted by Gasteiger charge is 2.51. The SMILES string of the molecule is Cc1ccc(C2(c3ccc(C)cc3)c3cc(C)ccc3-c3ccc(-c4ccc5c(c4)C(C)(C)c4cc(-c6ccc7c(c6)C(c6cccc(C)c6)(c6cccc(C)c6)c6cc(C)ccc6-7)ccc4-5)cc32)cc1.Cc1ccc(N(c2ccc(N(c3ccc(-c4ccc5c(c4)C(c4ccc6c(c4)CC6)(c4ccc6c(c4)CC6)c4cc(C)ccc4-5)cc3)c3c(C)cc(C(C)(C)C)cc3C)cc2)c2c(C)cc(C(C)(C)C)cc2C)cc1. The minimum Gasteiger partial charge on any atom is -0.310 e. The molecule has 716 valence electrons. The molecule has 0 radical (unpaired) electrons. The van der Waals surface area contributed by atoms with E-state index < -0.39 is 16.2 Å². The summed E-state index contributed by atoms with van der Waals surface area (Å²) in [6.45, 7) is 45.5. The van der Waals surface area contributed by atoms with E-state index in [4.69, 9.17) is 0 Å². The third-order valence-corrected chi connectivity index (χ3v) is 34.0. The van der Waals surface area contributed by atoms with Gasteiger partial charge < -0.3 is 9.80 Å². The van der Waals surface area contributed by atoms with E-state index in [1.807, 2.05) is 0 Å². The molecule has 25 rings (SSSR count). The molecule has 0 amide bonds. The van der Waals surface area contributed by atoms with Crippen LogP contribution >= 0.6 is 0 Å². The summed E-state index contributed by atoms with van der Waals surface area (Å²) in [4.78, 5) is 4.93. The standard InChI is InChI=1S/C73H72N2.C71H58/c1-45-13-27-61(28-14-45)74(69-47(3)38-59(39-48(69)4)71(7,8)9)63-31-33-64(34-32-63)75(70-49(5)40-60(41-50(70)6)72(10,11)12)62-29-22-53(23-30-62)56-24-36-66-65-35-15-46(2)37-67(65)73(68(66)44-56,57-25-20-51-16-18-54(51)42-57)58-26-21-52-17-19-55(52)43-58;1-43-15-25-53(26-16-43)70(54-27-17-44(2)18-28-54)65-37-47(5)19-29-59(65)61-33-23-51(41-67(61)70)49-21-31-57-58-32-22-50(40-64(58)69(7,8)63(57)39-49)52-24-34-62-60-30-20-48(6)38-66(60)71(68(62)42-52,55-13-9-11-45(3)35-55)56-14-10-12-46(4)36-56/h13-15,20-44H,16-19H2,1-12H3;9-42H,1-8H3. The Morgan fingerprint density at radius 3 is 0.726 bits per heavy atom. The van der Waals surface area contributed by atoms with Gasteiger partial charge in [-0.1, -0.05) is 397 Å². The quantitative estimate of drug-likeness (QED) is 0.101. The highest BCUT2D eigenvalue weighted by atomic mass is 15.2. The van der Waals surface area contributed by atoms with Gasteiger partial charge in [0.15, 0.2) is 0 Å². The van der Waals surface area contributed by atoms with Crippen molar-refractivity contribution in [3.63, 3.8) is 0 Å². The Kier molecular flexibility index (Phi) is 22.2. The van der Waals surface area contributed by atoms with Crippen LogP contribution in [0.1, 0.15) is 233 Å². The largest absolute Gasteiger partial charge is 0.310 e. The first kappa shape index (κ1) is 93.1. The van der Waals surface area contributed by atoms with Gasteiger partial charge in [-0.3, -0.25) is 0 Å². The summed E-state index contributed by atoms with van der Waals surface area (Å²) in [7, 11) is 0. The van der Waals surface area contributed by atoms with Gasteiger partial charge in [0.25, 0.3) is 0 Å². The zero-order valence-corrected chi connectivity index (χ0v) is 88.5. The highest BCUT2D eigenvalue weighted by molar-refractivity contribution is 5.96. The fourth-order valence-corrected chi connectivity index (χ4v) is 26.1. The average Bonchev–Trinajstić information content (AvgIpc) is 1.54. The number of nitrogens with zero attached hydrogens (tertiary/aromatic N) is 2. The zero-order valence-electron chi connectivity index (χ0n) is 88.5. The molecule has 19 aromatic rings. The van der Waals surface area contributed by atoms with Gasteiger partial charge in [0.2, 0.25) is 0 Å². The first-order valence-corrected chi connectivity index (χ1v) is 52.9. The van der Waals surface area contributed by atoms with E-state index in [1.54, 1.807) is 0 Å². The molecular weight excluding hydrogens is 1760 g/mol. The molecule has 0 saturated heterocycles. The van der Waals surface area contributed by atoms with Gasteiger partial charge >= 0.3 is 0 Å². The number of benzene rings is 19. The molecule has 0 saturated carbocycles. The summed E-state index contributed by atoms with van der Waals surface area (Å²) in [5.41, 5.74) is 66.4. The van der Waals surface area contributed by atoms with Crippen LogP contribution in [0.5, 0.6) is 0 Å². The molecule has 19 aromatic carbocycles. The predicted molar refractivity (Wildman–Crippen MR) is 617 cm³/mol. The lowest BCUT2D eigenvalue weighted by Crippen LogP contribution is -2.30. The van der Waals surface area contributed by atoms with Crippen LogP contribution in [-0.4, -0.2) is 0 Å². The van der Waals surface area contributed by atoms with E-state index in [2.05, 4.69) is 524 Å². The van der Waals surface area contributed by atoms with Crippen LogP contribution in [-0.2, 0) is 58.2 Å². The van der Waals surface area contributed by atoms with Gasteiger partial charge in [0.05, 0.1) is 27.6 Å². The van der Waals surface area contributed by atoms with E-state index in [9.17, 15) is 0 Å². The van der Waals surface area contributed by atoms with E-state index in [-0.39, 0.29) is 16.2 Å². The highest BCUT2D eigenvalue weighted by Crippen LogP contribution is 2.63. The maximum atomic E-state index is 2.55. The number of hydrogen-bond donors (Lipinski definition) is 0. The van der Waals surface area contributed by atoms with Gasteiger partial charge in [0, 0.05) is 28.2 Å². The second-order valence-electron chi connectivity index (χ2n) is 46.2. The topological polar surface area (TPSA) is 6.48 Å². The lowest BCUT2D eigenvalue weighted by molar-refractivity contribution is 0.589. The van der Waals surface area contributed by atoms with E-state index in [1.165, 1.54) is 280 Å². The molecule has 0 bridgehead atoms. The van der Waals surface area contributed by atoms with E-state index >= 15 is 0 Å². The van der Waals surface area contributed by atoms with Crippen molar-refractivity contribution in [1.82, 2.24) is 0 Å². The molecule has 0 N–H and O–H groups in total. The van der Waals surface area contributed by atoms with Crippen molar-refractivity contribution < 1.29 is 0 Å². The Morgan fingerprint density at radius 1 is 0.192 bits per heavy atom. The van der Waals surface area contributed by atoms with Gasteiger partial charge in [0.1, 0.15) is 0 Å². The number of fused-ring (bicyclic) bond motifs is 14. The molecule has 0 aromatic heterocycles. The van der Waals surface area contributed by atoms with Crippen LogP contribution in [0.15, 0.2) is 376 Å². The number of aryl methyl sites for hydroxylation is 16. The van der Waals surface area contributed by atoms with Crippen LogP contribution in [0.25, 0.3) is 77.9 Å². The lowest BCUT2D eigenvalue weighted by Gasteiger charge is -2.37. The molecule has 146 heavy (non-hydrogen) atoms. The second-order valence-corrected chi connectivity index (χ2v) is 46.2. The van der Waals surface area contributed by atoms with Crippen molar-refractivity contribution in [2.45, 2.75) is 197 Å². The van der Waals surface area contributed by atoms with Crippen LogP contribution in [0.2, 0.25) is 0 Å². The molecule has 6 aliphatic carbocycles. The Labute approximate surface area is 866 Å². The van der Waals surface area contributed by atoms with Crippen molar-refractivity contribution in [3.8, 4) is 77.9 Å². The Bertz CT molecular complexity index is 8370. The summed E-state index contributed by atoms with van der Waals surface area (Å²) in [5, 5.41) is 0.